The molecule has 21 heavy (non-hydrogen) atoms. The van der Waals surface area contributed by atoms with Crippen molar-refractivity contribution in [2.75, 3.05) is 44.4 Å². The number of aromatic amines is 1. The van der Waals surface area contributed by atoms with Gasteiger partial charge in [-0.3, -0.25) is 4.98 Å². The maximum absolute atomic E-state index is 11.3. The number of fused-ring (bicyclic) bond motifs is 1. The van der Waals surface area contributed by atoms with Crippen LogP contribution in [-0.2, 0) is 0 Å². The highest BCUT2D eigenvalue weighted by atomic mass is 16.4. The first-order valence-corrected chi connectivity index (χ1v) is 7.35. The molecule has 0 bridgehead atoms. The van der Waals surface area contributed by atoms with E-state index in [0.717, 1.165) is 44.1 Å². The zero-order valence-electron chi connectivity index (χ0n) is 12.6. The molecule has 0 aliphatic carbocycles. The number of nitrogen functional groups attached to an aromatic ring is 1. The maximum atomic E-state index is 11.3. The third-order valence-corrected chi connectivity index (χ3v) is 4.15. The van der Waals surface area contributed by atoms with Gasteiger partial charge in [-0.1, -0.05) is 0 Å². The van der Waals surface area contributed by atoms with E-state index >= 15 is 0 Å². The van der Waals surface area contributed by atoms with Crippen molar-refractivity contribution >= 4 is 22.5 Å². The number of nitrogens with zero attached hydrogens (tertiary/aromatic N) is 2. The number of anilines is 2. The number of nitrogens with two attached hydrogens (primary N) is 1. The Morgan fingerprint density at radius 3 is 2.76 bits per heavy atom. The lowest BCUT2D eigenvalue weighted by Crippen LogP contribution is -2.37. The highest BCUT2D eigenvalue weighted by Gasteiger charge is 2.21. The molecule has 0 unspecified atom stereocenters. The molecule has 2 aromatic rings. The van der Waals surface area contributed by atoms with E-state index in [9.17, 15) is 4.79 Å². The van der Waals surface area contributed by atoms with Crippen LogP contribution in [0.2, 0.25) is 0 Å². The van der Waals surface area contributed by atoms with Gasteiger partial charge in [0.1, 0.15) is 0 Å². The van der Waals surface area contributed by atoms with Crippen LogP contribution in [0.15, 0.2) is 21.3 Å². The van der Waals surface area contributed by atoms with Gasteiger partial charge >= 0.3 is 5.76 Å². The number of piperidine rings is 1. The van der Waals surface area contributed by atoms with Crippen molar-refractivity contribution in [2.24, 2.45) is 5.92 Å². The van der Waals surface area contributed by atoms with Crippen LogP contribution in [0.1, 0.15) is 12.8 Å². The zero-order valence-corrected chi connectivity index (χ0v) is 12.6. The van der Waals surface area contributed by atoms with Crippen molar-refractivity contribution in [1.82, 2.24) is 9.88 Å². The van der Waals surface area contributed by atoms with Crippen LogP contribution in [0.4, 0.5) is 11.4 Å². The van der Waals surface area contributed by atoms with Crippen molar-refractivity contribution < 1.29 is 4.42 Å². The van der Waals surface area contributed by atoms with Gasteiger partial charge in [0.15, 0.2) is 5.58 Å². The summed E-state index contributed by atoms with van der Waals surface area (Å²) in [7, 11) is 4.24. The lowest BCUT2D eigenvalue weighted by molar-refractivity contribution is 0.285. The van der Waals surface area contributed by atoms with Crippen molar-refractivity contribution in [3.8, 4) is 0 Å². The standard InChI is InChI=1S/C15H22N4O2/c1-18(2)9-10-3-5-19(6-4-10)13-8-12-14(7-11(13)16)21-15(20)17-12/h7-8,10H,3-6,9,16H2,1-2H3,(H,17,20). The number of oxazole rings is 1. The van der Waals surface area contributed by atoms with Crippen molar-refractivity contribution in [3.05, 3.63) is 22.7 Å². The van der Waals surface area contributed by atoms with Gasteiger partial charge in [0.2, 0.25) is 0 Å². The molecule has 0 spiro atoms. The Morgan fingerprint density at radius 2 is 2.10 bits per heavy atom. The van der Waals surface area contributed by atoms with Crippen LogP contribution in [-0.4, -0.2) is 43.6 Å². The smallest absolute Gasteiger partial charge is 0.408 e. The summed E-state index contributed by atoms with van der Waals surface area (Å²) in [6.07, 6.45) is 2.33. The summed E-state index contributed by atoms with van der Waals surface area (Å²) in [6.45, 7) is 3.13. The van der Waals surface area contributed by atoms with Crippen molar-refractivity contribution in [1.29, 1.82) is 0 Å². The van der Waals surface area contributed by atoms with E-state index in [1.807, 2.05) is 6.07 Å². The molecule has 0 radical (unpaired) electrons. The molecule has 1 fully saturated rings. The van der Waals surface area contributed by atoms with Crippen LogP contribution in [0, 0.1) is 5.92 Å². The second kappa shape index (κ2) is 5.44. The summed E-state index contributed by atoms with van der Waals surface area (Å²) in [5.41, 5.74) is 8.99. The largest absolute Gasteiger partial charge is 0.417 e. The van der Waals surface area contributed by atoms with Crippen molar-refractivity contribution in [2.45, 2.75) is 12.8 Å². The van der Waals surface area contributed by atoms with Gasteiger partial charge in [0.05, 0.1) is 16.9 Å². The number of rotatable bonds is 3. The van der Waals surface area contributed by atoms with Crippen molar-refractivity contribution in [3.63, 3.8) is 0 Å². The molecule has 6 heteroatoms. The summed E-state index contributed by atoms with van der Waals surface area (Å²) < 4.78 is 5.04. The summed E-state index contributed by atoms with van der Waals surface area (Å²) in [4.78, 5) is 18.5. The Morgan fingerprint density at radius 1 is 1.38 bits per heavy atom. The Labute approximate surface area is 123 Å². The summed E-state index contributed by atoms with van der Waals surface area (Å²) >= 11 is 0. The summed E-state index contributed by atoms with van der Waals surface area (Å²) in [5, 5.41) is 0. The van der Waals surface area contributed by atoms with Gasteiger partial charge < -0.3 is 20.0 Å². The monoisotopic (exact) mass is 290 g/mol. The lowest BCUT2D eigenvalue weighted by atomic mass is 9.96. The molecule has 6 nitrogen and oxygen atoms in total. The quantitative estimate of drug-likeness (QED) is 0.837. The van der Waals surface area contributed by atoms with E-state index < -0.39 is 5.76 Å². The van der Waals surface area contributed by atoms with E-state index in [1.54, 1.807) is 6.07 Å². The van der Waals surface area contributed by atoms with Crippen LogP contribution in [0.25, 0.3) is 11.1 Å². The van der Waals surface area contributed by atoms with Gasteiger partial charge in [-0.15, -0.1) is 0 Å². The minimum absolute atomic E-state index is 0.439. The number of benzene rings is 1. The molecule has 3 rings (SSSR count). The average Bonchev–Trinajstić information content (AvgIpc) is 2.77. The second-order valence-electron chi connectivity index (χ2n) is 6.11. The molecular formula is C15H22N4O2. The van der Waals surface area contributed by atoms with E-state index in [-0.39, 0.29) is 0 Å². The number of H-pyrrole nitrogens is 1. The fourth-order valence-electron chi connectivity index (χ4n) is 3.15. The molecule has 1 aromatic carbocycles. The van der Waals surface area contributed by atoms with Gasteiger partial charge in [-0.25, -0.2) is 4.79 Å². The van der Waals surface area contributed by atoms with Gasteiger partial charge in [0.25, 0.3) is 0 Å². The molecule has 1 aromatic heterocycles. The molecule has 114 valence electrons. The molecule has 1 aliphatic heterocycles. The number of aromatic nitrogens is 1. The van der Waals surface area contributed by atoms with Gasteiger partial charge in [0, 0.05) is 25.7 Å². The van der Waals surface area contributed by atoms with Crippen LogP contribution >= 0.6 is 0 Å². The van der Waals surface area contributed by atoms with E-state index in [0.29, 0.717) is 16.8 Å². The molecule has 3 N–H and O–H groups in total. The Hall–Kier alpha value is -1.95. The fourth-order valence-corrected chi connectivity index (χ4v) is 3.15. The fraction of sp³-hybridized carbons (Fsp3) is 0.533. The predicted octanol–water partition coefficient (Wildman–Crippen LogP) is 1.48. The first-order valence-electron chi connectivity index (χ1n) is 7.35. The third-order valence-electron chi connectivity index (χ3n) is 4.15. The van der Waals surface area contributed by atoms with Crippen LogP contribution < -0.4 is 16.4 Å². The molecular weight excluding hydrogens is 268 g/mol. The van der Waals surface area contributed by atoms with E-state index in [1.165, 1.54) is 0 Å². The zero-order chi connectivity index (χ0) is 15.0. The molecule has 0 amide bonds. The maximum Gasteiger partial charge on any atom is 0.417 e. The third kappa shape index (κ3) is 2.90. The van der Waals surface area contributed by atoms with Crippen LogP contribution in [0.5, 0.6) is 0 Å². The minimum Gasteiger partial charge on any atom is -0.408 e. The lowest BCUT2D eigenvalue weighted by Gasteiger charge is -2.35. The van der Waals surface area contributed by atoms with E-state index in [2.05, 4.69) is 28.9 Å². The minimum atomic E-state index is -0.439. The molecule has 1 saturated heterocycles. The number of hydrogen-bond donors (Lipinski definition) is 2. The van der Waals surface area contributed by atoms with E-state index in [4.69, 9.17) is 10.2 Å². The SMILES string of the molecule is CN(C)CC1CCN(c2cc3[nH]c(=O)oc3cc2N)CC1. The topological polar surface area (TPSA) is 78.5 Å². The predicted molar refractivity (Wildman–Crippen MR) is 84.7 cm³/mol. The Kier molecular flexibility index (Phi) is 3.63. The Balaban J connectivity index is 1.78. The summed E-state index contributed by atoms with van der Waals surface area (Å²) in [6, 6.07) is 3.65. The first-order chi connectivity index (χ1) is 10.0. The molecule has 2 heterocycles. The average molecular weight is 290 g/mol. The number of hydrogen-bond acceptors (Lipinski definition) is 5. The second-order valence-corrected chi connectivity index (χ2v) is 6.11. The Bertz CT molecular complexity index is 681. The van der Waals surface area contributed by atoms with Gasteiger partial charge in [-0.2, -0.15) is 0 Å². The normalized spacial score (nSPS) is 17.0. The molecule has 0 saturated carbocycles. The molecule has 1 aliphatic rings. The van der Waals surface area contributed by atoms with Crippen LogP contribution in [0.3, 0.4) is 0 Å². The van der Waals surface area contributed by atoms with Gasteiger partial charge in [-0.05, 0) is 38.9 Å². The number of nitrogens with one attached hydrogen (secondary N) is 1. The highest BCUT2D eigenvalue weighted by molar-refractivity contribution is 5.85. The molecule has 0 atom stereocenters. The summed E-state index contributed by atoms with van der Waals surface area (Å²) in [5.74, 6) is 0.307. The first kappa shape index (κ1) is 14.0. The highest BCUT2D eigenvalue weighted by Crippen LogP contribution is 2.31.